The highest BCUT2D eigenvalue weighted by Crippen LogP contribution is 2.22. The second kappa shape index (κ2) is 9.00. The van der Waals surface area contributed by atoms with Crippen molar-refractivity contribution >= 4 is 23.2 Å². The summed E-state index contributed by atoms with van der Waals surface area (Å²) in [5.41, 5.74) is 3.90. The molecule has 3 aromatic carbocycles. The fraction of sp³-hybridized carbons (Fsp3) is 0.167. The number of hydrogen-bond acceptors (Lipinski definition) is 2. The smallest absolute Gasteiger partial charge is 0.255 e. The molecule has 4 heteroatoms. The lowest BCUT2D eigenvalue weighted by Crippen LogP contribution is -2.21. The monoisotopic (exact) mass is 372 g/mol. The zero-order valence-electron chi connectivity index (χ0n) is 16.1. The molecule has 28 heavy (non-hydrogen) atoms. The molecule has 3 aromatic rings. The van der Waals surface area contributed by atoms with Crippen LogP contribution < -0.4 is 10.6 Å². The van der Waals surface area contributed by atoms with Gasteiger partial charge in [0.25, 0.3) is 5.91 Å². The van der Waals surface area contributed by atoms with Gasteiger partial charge in [0.05, 0.1) is 5.92 Å². The Kier molecular flexibility index (Phi) is 6.22. The van der Waals surface area contributed by atoms with Crippen LogP contribution in [0.15, 0.2) is 78.9 Å². The number of carbonyl (C=O) groups excluding carboxylic acids is 2. The molecular weight excluding hydrogens is 348 g/mol. The molecule has 142 valence electrons. The number of carbonyl (C=O) groups is 2. The maximum atomic E-state index is 12.7. The Morgan fingerprint density at radius 2 is 1.50 bits per heavy atom. The normalized spacial score (nSPS) is 11.5. The highest BCUT2D eigenvalue weighted by Gasteiger charge is 2.19. The molecule has 2 N–H and O–H groups in total. The van der Waals surface area contributed by atoms with E-state index in [0.29, 0.717) is 17.7 Å². The van der Waals surface area contributed by atoms with Gasteiger partial charge in [-0.3, -0.25) is 9.59 Å². The molecule has 0 heterocycles. The number of benzene rings is 3. The Labute approximate surface area is 165 Å². The molecule has 0 aliphatic heterocycles. The molecule has 0 radical (unpaired) electrons. The van der Waals surface area contributed by atoms with Crippen LogP contribution in [0.1, 0.15) is 40.7 Å². The average Bonchev–Trinajstić information content (AvgIpc) is 2.69. The van der Waals surface area contributed by atoms with E-state index < -0.39 is 0 Å². The maximum Gasteiger partial charge on any atom is 0.255 e. The highest BCUT2D eigenvalue weighted by atomic mass is 16.2. The van der Waals surface area contributed by atoms with Crippen LogP contribution in [0.25, 0.3) is 0 Å². The van der Waals surface area contributed by atoms with Crippen molar-refractivity contribution in [1.29, 1.82) is 0 Å². The summed E-state index contributed by atoms with van der Waals surface area (Å²) >= 11 is 0. The van der Waals surface area contributed by atoms with E-state index in [-0.39, 0.29) is 17.7 Å². The minimum absolute atomic E-state index is 0.0788. The number of hydrogen-bond donors (Lipinski definition) is 2. The van der Waals surface area contributed by atoms with Crippen molar-refractivity contribution in [2.45, 2.75) is 26.2 Å². The van der Waals surface area contributed by atoms with Gasteiger partial charge in [-0.2, -0.15) is 0 Å². The highest BCUT2D eigenvalue weighted by molar-refractivity contribution is 6.05. The third kappa shape index (κ3) is 4.86. The predicted octanol–water partition coefficient (Wildman–Crippen LogP) is 5.38. The van der Waals surface area contributed by atoms with Gasteiger partial charge in [-0.1, -0.05) is 55.5 Å². The fourth-order valence-corrected chi connectivity index (χ4v) is 3.15. The summed E-state index contributed by atoms with van der Waals surface area (Å²) in [4.78, 5) is 25.3. The SMILES string of the molecule is CCC(C(=O)Nc1cccc(C(=O)Nc2cccc(C)c2)c1)c1ccccc1. The lowest BCUT2D eigenvalue weighted by Gasteiger charge is -2.16. The summed E-state index contributed by atoms with van der Waals surface area (Å²) < 4.78 is 0. The molecule has 0 bridgehead atoms. The van der Waals surface area contributed by atoms with Crippen LogP contribution in [0.5, 0.6) is 0 Å². The van der Waals surface area contributed by atoms with E-state index in [2.05, 4.69) is 10.6 Å². The van der Waals surface area contributed by atoms with Gasteiger partial charge >= 0.3 is 0 Å². The molecule has 0 spiro atoms. The van der Waals surface area contributed by atoms with Crippen molar-refractivity contribution in [2.24, 2.45) is 0 Å². The maximum absolute atomic E-state index is 12.7. The van der Waals surface area contributed by atoms with E-state index in [1.54, 1.807) is 24.3 Å². The molecule has 1 atom stereocenters. The fourth-order valence-electron chi connectivity index (χ4n) is 3.15. The van der Waals surface area contributed by atoms with Gasteiger partial charge < -0.3 is 10.6 Å². The number of nitrogens with one attached hydrogen (secondary N) is 2. The van der Waals surface area contributed by atoms with Gasteiger partial charge in [0.2, 0.25) is 5.91 Å². The molecule has 4 nitrogen and oxygen atoms in total. The standard InChI is InChI=1S/C24H24N2O2/c1-3-22(18-10-5-4-6-11-18)24(28)26-21-14-8-12-19(16-21)23(27)25-20-13-7-9-17(2)15-20/h4-16,22H,3H2,1-2H3,(H,25,27)(H,26,28). The van der Waals surface area contributed by atoms with Crippen LogP contribution in [0.2, 0.25) is 0 Å². The van der Waals surface area contributed by atoms with Crippen LogP contribution in [0.3, 0.4) is 0 Å². The van der Waals surface area contributed by atoms with E-state index in [9.17, 15) is 9.59 Å². The van der Waals surface area contributed by atoms with Crippen LogP contribution in [-0.2, 0) is 4.79 Å². The molecule has 0 aliphatic carbocycles. The van der Waals surface area contributed by atoms with Crippen LogP contribution >= 0.6 is 0 Å². The molecule has 1 unspecified atom stereocenters. The number of rotatable bonds is 6. The first-order chi connectivity index (χ1) is 13.6. The van der Waals surface area contributed by atoms with Gasteiger partial charge in [-0.25, -0.2) is 0 Å². The van der Waals surface area contributed by atoms with Crippen molar-refractivity contribution in [3.05, 3.63) is 95.6 Å². The minimum Gasteiger partial charge on any atom is -0.326 e. The van der Waals surface area contributed by atoms with Gasteiger partial charge in [0.15, 0.2) is 0 Å². The lowest BCUT2D eigenvalue weighted by atomic mass is 9.95. The Morgan fingerprint density at radius 3 is 2.18 bits per heavy atom. The van der Waals surface area contributed by atoms with E-state index in [1.165, 1.54) is 0 Å². The van der Waals surface area contributed by atoms with Crippen LogP contribution in [0, 0.1) is 6.92 Å². The van der Waals surface area contributed by atoms with Crippen molar-refractivity contribution in [2.75, 3.05) is 10.6 Å². The lowest BCUT2D eigenvalue weighted by molar-refractivity contribution is -0.117. The van der Waals surface area contributed by atoms with E-state index >= 15 is 0 Å². The average molecular weight is 372 g/mol. The third-order valence-corrected chi connectivity index (χ3v) is 4.59. The Morgan fingerprint density at radius 1 is 0.821 bits per heavy atom. The van der Waals surface area contributed by atoms with E-state index in [4.69, 9.17) is 0 Å². The first-order valence-electron chi connectivity index (χ1n) is 9.40. The Balaban J connectivity index is 1.72. The molecular formula is C24H24N2O2. The second-order valence-corrected chi connectivity index (χ2v) is 6.77. The summed E-state index contributed by atoms with van der Waals surface area (Å²) in [5, 5.41) is 5.83. The van der Waals surface area contributed by atoms with Crippen molar-refractivity contribution in [1.82, 2.24) is 0 Å². The van der Waals surface area contributed by atoms with E-state index in [1.807, 2.05) is 68.4 Å². The van der Waals surface area contributed by atoms with Crippen LogP contribution in [-0.4, -0.2) is 11.8 Å². The molecule has 0 saturated carbocycles. The minimum atomic E-state index is -0.231. The second-order valence-electron chi connectivity index (χ2n) is 6.77. The summed E-state index contributed by atoms with van der Waals surface area (Å²) in [6.45, 7) is 3.96. The molecule has 0 saturated heterocycles. The van der Waals surface area contributed by atoms with Crippen molar-refractivity contribution in [3.63, 3.8) is 0 Å². The van der Waals surface area contributed by atoms with Crippen molar-refractivity contribution < 1.29 is 9.59 Å². The summed E-state index contributed by atoms with van der Waals surface area (Å²) in [6.07, 6.45) is 0.698. The zero-order valence-corrected chi connectivity index (χ0v) is 16.1. The summed E-state index contributed by atoms with van der Waals surface area (Å²) in [7, 11) is 0. The zero-order chi connectivity index (χ0) is 19.9. The van der Waals surface area contributed by atoms with Gasteiger partial charge in [0.1, 0.15) is 0 Å². The molecule has 3 rings (SSSR count). The van der Waals surface area contributed by atoms with Crippen LogP contribution in [0.4, 0.5) is 11.4 Å². The van der Waals surface area contributed by atoms with E-state index in [0.717, 1.165) is 16.8 Å². The largest absolute Gasteiger partial charge is 0.326 e. The molecule has 0 aromatic heterocycles. The quantitative estimate of drug-likeness (QED) is 0.610. The summed E-state index contributed by atoms with van der Waals surface area (Å²) in [6, 6.07) is 24.3. The first-order valence-corrected chi connectivity index (χ1v) is 9.40. The first kappa shape index (κ1) is 19.4. The summed E-state index contributed by atoms with van der Waals surface area (Å²) in [5.74, 6) is -0.521. The van der Waals surface area contributed by atoms with Gasteiger partial charge in [0, 0.05) is 16.9 Å². The Hall–Kier alpha value is -3.40. The number of anilines is 2. The Bertz CT molecular complexity index is 967. The predicted molar refractivity (Wildman–Crippen MR) is 114 cm³/mol. The van der Waals surface area contributed by atoms with Gasteiger partial charge in [-0.05, 0) is 54.8 Å². The molecule has 2 amide bonds. The number of amides is 2. The van der Waals surface area contributed by atoms with Gasteiger partial charge in [-0.15, -0.1) is 0 Å². The third-order valence-electron chi connectivity index (χ3n) is 4.59. The number of aryl methyl sites for hydroxylation is 1. The van der Waals surface area contributed by atoms with Crippen molar-refractivity contribution in [3.8, 4) is 0 Å². The molecule has 0 fully saturated rings. The molecule has 0 aliphatic rings. The topological polar surface area (TPSA) is 58.2 Å².